The molecule has 2 aromatic heterocycles. The molecule has 68 valence electrons. The van der Waals surface area contributed by atoms with Crippen molar-refractivity contribution in [3.63, 3.8) is 0 Å². The molecule has 0 spiro atoms. The summed E-state index contributed by atoms with van der Waals surface area (Å²) in [5.74, 6) is 0.944. The number of hydrogen-bond acceptors (Lipinski definition) is 3. The maximum Gasteiger partial charge on any atom is 0.120 e. The lowest BCUT2D eigenvalue weighted by molar-refractivity contribution is 0.659. The van der Waals surface area contributed by atoms with Crippen LogP contribution in [-0.2, 0) is 13.1 Å². The van der Waals surface area contributed by atoms with Crippen LogP contribution in [-0.4, -0.2) is 19.9 Å². The third kappa shape index (κ3) is 2.16. The normalized spacial score (nSPS) is 10.5. The Balaban J connectivity index is 1.76. The zero-order valence-corrected chi connectivity index (χ0v) is 7.12. The second-order valence-electron chi connectivity index (χ2n) is 2.72. The van der Waals surface area contributed by atoms with Gasteiger partial charge in [-0.15, -0.1) is 0 Å². The summed E-state index contributed by atoms with van der Waals surface area (Å²) in [6, 6.07) is 0. The molecule has 13 heavy (non-hydrogen) atoms. The van der Waals surface area contributed by atoms with Crippen LogP contribution in [0.5, 0.6) is 0 Å². The number of imidazole rings is 2. The van der Waals surface area contributed by atoms with Crippen molar-refractivity contribution < 1.29 is 0 Å². The lowest BCUT2D eigenvalue weighted by atomic mass is 10.4. The number of nitrogens with zero attached hydrogens (tertiary/aromatic N) is 2. The summed E-state index contributed by atoms with van der Waals surface area (Å²) in [5.41, 5.74) is 1.08. The van der Waals surface area contributed by atoms with Crippen molar-refractivity contribution in [3.8, 4) is 0 Å². The van der Waals surface area contributed by atoms with E-state index >= 15 is 0 Å². The molecule has 0 radical (unpaired) electrons. The van der Waals surface area contributed by atoms with Gasteiger partial charge in [0, 0.05) is 30.8 Å². The fraction of sp³-hybridized carbons (Fsp3) is 0.250. The molecule has 0 bridgehead atoms. The number of aromatic amines is 2. The van der Waals surface area contributed by atoms with Crippen molar-refractivity contribution in [1.82, 2.24) is 25.3 Å². The van der Waals surface area contributed by atoms with Gasteiger partial charge in [0.05, 0.1) is 12.9 Å². The van der Waals surface area contributed by atoms with Crippen molar-refractivity contribution in [3.05, 3.63) is 36.4 Å². The van der Waals surface area contributed by atoms with E-state index < -0.39 is 0 Å². The average molecular weight is 177 g/mol. The Hall–Kier alpha value is -1.62. The predicted octanol–water partition coefficient (Wildman–Crippen LogP) is 0.423. The van der Waals surface area contributed by atoms with Crippen molar-refractivity contribution >= 4 is 0 Å². The molecule has 5 nitrogen and oxygen atoms in total. The largest absolute Gasteiger partial charge is 0.348 e. The quantitative estimate of drug-likeness (QED) is 0.634. The summed E-state index contributed by atoms with van der Waals surface area (Å²) in [4.78, 5) is 14.0. The summed E-state index contributed by atoms with van der Waals surface area (Å²) in [7, 11) is 0. The minimum absolute atomic E-state index is 0.742. The Labute approximate surface area is 75.6 Å². The molecule has 0 unspecified atom stereocenters. The van der Waals surface area contributed by atoms with Gasteiger partial charge in [0.2, 0.25) is 0 Å². The Bertz CT molecular complexity index is 289. The van der Waals surface area contributed by atoms with Crippen LogP contribution in [0.2, 0.25) is 0 Å². The minimum Gasteiger partial charge on any atom is -0.348 e. The lowest BCUT2D eigenvalue weighted by Crippen LogP contribution is -2.13. The van der Waals surface area contributed by atoms with Gasteiger partial charge in [0.15, 0.2) is 0 Å². The number of aromatic nitrogens is 4. The van der Waals surface area contributed by atoms with Crippen molar-refractivity contribution in [2.45, 2.75) is 13.1 Å². The Morgan fingerprint density at radius 2 is 2.31 bits per heavy atom. The predicted molar refractivity (Wildman–Crippen MR) is 47.7 cm³/mol. The molecule has 5 heteroatoms. The maximum atomic E-state index is 4.09. The van der Waals surface area contributed by atoms with Crippen LogP contribution in [0.15, 0.2) is 24.9 Å². The van der Waals surface area contributed by atoms with Gasteiger partial charge < -0.3 is 15.3 Å². The highest BCUT2D eigenvalue weighted by Crippen LogP contribution is 1.91. The molecule has 2 heterocycles. The van der Waals surface area contributed by atoms with E-state index in [0.29, 0.717) is 0 Å². The zero-order valence-electron chi connectivity index (χ0n) is 7.12. The van der Waals surface area contributed by atoms with E-state index in [9.17, 15) is 0 Å². The third-order valence-corrected chi connectivity index (χ3v) is 1.72. The molecular weight excluding hydrogens is 166 g/mol. The van der Waals surface area contributed by atoms with E-state index in [0.717, 1.165) is 24.6 Å². The second-order valence-corrected chi connectivity index (χ2v) is 2.72. The topological polar surface area (TPSA) is 69.4 Å². The molecule has 0 saturated heterocycles. The molecule has 0 atom stereocenters. The van der Waals surface area contributed by atoms with Gasteiger partial charge >= 0.3 is 0 Å². The third-order valence-electron chi connectivity index (χ3n) is 1.72. The highest BCUT2D eigenvalue weighted by atomic mass is 15.0. The number of hydrogen-bond donors (Lipinski definition) is 3. The summed E-state index contributed by atoms with van der Waals surface area (Å²) in [6.07, 6.45) is 7.03. The van der Waals surface area contributed by atoms with Crippen LogP contribution in [0, 0.1) is 0 Å². The summed E-state index contributed by atoms with van der Waals surface area (Å²) >= 11 is 0. The van der Waals surface area contributed by atoms with Gasteiger partial charge in [-0.3, -0.25) is 0 Å². The SMILES string of the molecule is c1c[nH]c(CNCc2cnc[nH]2)n1. The van der Waals surface area contributed by atoms with Gasteiger partial charge in [-0.25, -0.2) is 9.97 Å². The molecule has 2 aromatic rings. The van der Waals surface area contributed by atoms with Gasteiger partial charge in [0.25, 0.3) is 0 Å². The molecule has 0 aromatic carbocycles. The minimum atomic E-state index is 0.742. The second kappa shape index (κ2) is 3.86. The van der Waals surface area contributed by atoms with Crippen LogP contribution in [0.1, 0.15) is 11.5 Å². The fourth-order valence-corrected chi connectivity index (χ4v) is 1.09. The van der Waals surface area contributed by atoms with Crippen LogP contribution >= 0.6 is 0 Å². The molecule has 0 saturated carbocycles. The van der Waals surface area contributed by atoms with Gasteiger partial charge in [-0.05, 0) is 0 Å². The van der Waals surface area contributed by atoms with Gasteiger partial charge in [0.1, 0.15) is 5.82 Å². The molecule has 0 fully saturated rings. The Morgan fingerprint density at radius 1 is 1.31 bits per heavy atom. The van der Waals surface area contributed by atoms with Crippen LogP contribution in [0.25, 0.3) is 0 Å². The standard InChI is InChI=1S/C8H11N5/c1-2-12-8(11-1)5-9-3-7-4-10-6-13-7/h1-2,4,6,9H,3,5H2,(H,10,13)(H,11,12). The van der Waals surface area contributed by atoms with Crippen molar-refractivity contribution in [1.29, 1.82) is 0 Å². The summed E-state index contributed by atoms with van der Waals surface area (Å²) < 4.78 is 0. The van der Waals surface area contributed by atoms with Crippen molar-refractivity contribution in [2.24, 2.45) is 0 Å². The van der Waals surface area contributed by atoms with E-state index in [2.05, 4.69) is 25.3 Å². The maximum absolute atomic E-state index is 4.09. The van der Waals surface area contributed by atoms with Crippen LogP contribution in [0.4, 0.5) is 0 Å². The molecule has 3 N–H and O–H groups in total. The molecule has 0 aliphatic heterocycles. The van der Waals surface area contributed by atoms with E-state index in [1.165, 1.54) is 0 Å². The molecule has 0 aliphatic rings. The first kappa shape index (κ1) is 8.00. The van der Waals surface area contributed by atoms with E-state index in [-0.39, 0.29) is 0 Å². The highest BCUT2D eigenvalue weighted by molar-refractivity contribution is 4.94. The number of rotatable bonds is 4. The molecule has 0 amide bonds. The van der Waals surface area contributed by atoms with E-state index in [1.807, 2.05) is 6.20 Å². The highest BCUT2D eigenvalue weighted by Gasteiger charge is 1.95. The van der Waals surface area contributed by atoms with E-state index in [4.69, 9.17) is 0 Å². The molecular formula is C8H11N5. The Kier molecular flexibility index (Phi) is 2.38. The zero-order chi connectivity index (χ0) is 8.93. The van der Waals surface area contributed by atoms with Crippen LogP contribution in [0.3, 0.4) is 0 Å². The molecule has 2 rings (SSSR count). The number of nitrogens with one attached hydrogen (secondary N) is 3. The first-order valence-corrected chi connectivity index (χ1v) is 4.11. The van der Waals surface area contributed by atoms with E-state index in [1.54, 1.807) is 18.7 Å². The van der Waals surface area contributed by atoms with Crippen LogP contribution < -0.4 is 5.32 Å². The summed E-state index contributed by atoms with van der Waals surface area (Å²) in [6.45, 7) is 1.52. The van der Waals surface area contributed by atoms with Gasteiger partial charge in [-0.1, -0.05) is 0 Å². The smallest absolute Gasteiger partial charge is 0.120 e. The average Bonchev–Trinajstić information content (AvgIpc) is 2.75. The summed E-state index contributed by atoms with van der Waals surface area (Å²) in [5, 5.41) is 3.23. The van der Waals surface area contributed by atoms with Gasteiger partial charge in [-0.2, -0.15) is 0 Å². The van der Waals surface area contributed by atoms with Crippen molar-refractivity contribution in [2.75, 3.05) is 0 Å². The first-order valence-electron chi connectivity index (χ1n) is 4.11. The Morgan fingerprint density at radius 3 is 3.00 bits per heavy atom. The molecule has 0 aliphatic carbocycles. The number of H-pyrrole nitrogens is 2. The lowest BCUT2D eigenvalue weighted by Gasteiger charge is -1.98. The monoisotopic (exact) mass is 177 g/mol. The fourth-order valence-electron chi connectivity index (χ4n) is 1.09. The first-order chi connectivity index (χ1) is 6.45.